The summed E-state index contributed by atoms with van der Waals surface area (Å²) in [5, 5.41) is 23.7. The molecule has 4 N–H and O–H groups in total. The molecule has 2 aliphatic rings. The average Bonchev–Trinajstić information content (AvgIpc) is 3.12. The number of hydrogen-bond donors (Lipinski definition) is 4. The van der Waals surface area contributed by atoms with E-state index in [0.29, 0.717) is 25.6 Å². The highest BCUT2D eigenvalue weighted by atomic mass is 19.1. The summed E-state index contributed by atoms with van der Waals surface area (Å²) in [6.45, 7) is 1.47. The fourth-order valence-corrected chi connectivity index (χ4v) is 4.18. The standard InChI is InChI=1S/C20H19FN6O3/c21-13-2-4-16-11(5-13)1-3-14(25-16)8-22-17-15-9-27(10-20(15,17)29)19-23-6-12(7-24-19)18(28)26-30/h1-7,15,17,22,29-30H,8-10H2,(H,26,28). The maximum absolute atomic E-state index is 13.3. The van der Waals surface area contributed by atoms with Gasteiger partial charge in [0.05, 0.1) is 23.3 Å². The Labute approximate surface area is 170 Å². The molecule has 3 atom stereocenters. The van der Waals surface area contributed by atoms with Gasteiger partial charge in [0.1, 0.15) is 11.4 Å². The van der Waals surface area contributed by atoms with Crippen molar-refractivity contribution < 1.29 is 19.5 Å². The molecule has 1 saturated heterocycles. The third kappa shape index (κ3) is 3.15. The van der Waals surface area contributed by atoms with Crippen LogP contribution in [0.2, 0.25) is 0 Å². The van der Waals surface area contributed by atoms with Gasteiger partial charge in [-0.2, -0.15) is 0 Å². The number of halogens is 1. The van der Waals surface area contributed by atoms with Crippen molar-refractivity contribution in [1.82, 2.24) is 25.7 Å². The Morgan fingerprint density at radius 2 is 2.07 bits per heavy atom. The van der Waals surface area contributed by atoms with Crippen LogP contribution in [0.25, 0.3) is 10.9 Å². The molecule has 1 amide bonds. The van der Waals surface area contributed by atoms with Crippen LogP contribution in [0, 0.1) is 11.7 Å². The van der Waals surface area contributed by atoms with Gasteiger partial charge in [-0.1, -0.05) is 6.07 Å². The van der Waals surface area contributed by atoms with Gasteiger partial charge in [-0.25, -0.2) is 19.8 Å². The summed E-state index contributed by atoms with van der Waals surface area (Å²) in [5.41, 5.74) is 2.36. The van der Waals surface area contributed by atoms with E-state index in [1.165, 1.54) is 30.0 Å². The number of aliphatic hydroxyl groups is 1. The number of amides is 1. The highest BCUT2D eigenvalue weighted by Gasteiger charge is 2.69. The zero-order valence-corrected chi connectivity index (χ0v) is 15.8. The summed E-state index contributed by atoms with van der Waals surface area (Å²) >= 11 is 0. The van der Waals surface area contributed by atoms with E-state index in [-0.39, 0.29) is 23.3 Å². The van der Waals surface area contributed by atoms with E-state index in [0.717, 1.165) is 16.6 Å². The molecule has 0 spiro atoms. The second-order valence-electron chi connectivity index (χ2n) is 7.69. The highest BCUT2D eigenvalue weighted by Crippen LogP contribution is 2.50. The third-order valence-corrected chi connectivity index (χ3v) is 5.83. The third-order valence-electron chi connectivity index (χ3n) is 5.83. The number of fused-ring (bicyclic) bond motifs is 2. The molecule has 2 fully saturated rings. The largest absolute Gasteiger partial charge is 0.386 e. The van der Waals surface area contributed by atoms with Gasteiger partial charge in [-0.3, -0.25) is 15.0 Å². The summed E-state index contributed by atoms with van der Waals surface area (Å²) in [5.74, 6) is -0.507. The van der Waals surface area contributed by atoms with Crippen LogP contribution in [0.4, 0.5) is 10.3 Å². The molecule has 3 aromatic rings. The zero-order valence-electron chi connectivity index (χ0n) is 15.8. The van der Waals surface area contributed by atoms with Crippen molar-refractivity contribution in [2.24, 2.45) is 5.92 Å². The lowest BCUT2D eigenvalue weighted by Gasteiger charge is -2.21. The smallest absolute Gasteiger partial charge is 0.277 e. The van der Waals surface area contributed by atoms with Crippen LogP contribution < -0.4 is 15.7 Å². The van der Waals surface area contributed by atoms with Crippen LogP contribution in [-0.4, -0.2) is 55.9 Å². The van der Waals surface area contributed by atoms with Crippen molar-refractivity contribution in [3.05, 3.63) is 59.8 Å². The fraction of sp³-hybridized carbons (Fsp3) is 0.300. The van der Waals surface area contributed by atoms with Gasteiger partial charge in [-0.05, 0) is 24.3 Å². The molecule has 5 rings (SSSR count). The van der Waals surface area contributed by atoms with Crippen molar-refractivity contribution in [3.8, 4) is 0 Å². The van der Waals surface area contributed by atoms with Crippen LogP contribution in [0.1, 0.15) is 16.1 Å². The predicted molar refractivity (Wildman–Crippen MR) is 104 cm³/mol. The average molecular weight is 410 g/mol. The first-order chi connectivity index (χ1) is 14.5. The van der Waals surface area contributed by atoms with E-state index >= 15 is 0 Å². The topological polar surface area (TPSA) is 124 Å². The Hall–Kier alpha value is -3.21. The molecule has 1 aromatic carbocycles. The number of rotatable bonds is 5. The molecule has 3 unspecified atom stereocenters. The number of pyridine rings is 1. The first kappa shape index (κ1) is 18.8. The number of nitrogens with zero attached hydrogens (tertiary/aromatic N) is 4. The van der Waals surface area contributed by atoms with E-state index in [2.05, 4.69) is 20.3 Å². The summed E-state index contributed by atoms with van der Waals surface area (Å²) in [6.07, 6.45) is 2.66. The molecule has 3 heterocycles. The lowest BCUT2D eigenvalue weighted by Crippen LogP contribution is -2.38. The van der Waals surface area contributed by atoms with E-state index in [1.54, 1.807) is 6.07 Å². The number of benzene rings is 1. The normalized spacial score (nSPS) is 24.7. The van der Waals surface area contributed by atoms with E-state index < -0.39 is 11.5 Å². The quantitative estimate of drug-likeness (QED) is 0.357. The summed E-state index contributed by atoms with van der Waals surface area (Å²) in [7, 11) is 0. The van der Waals surface area contributed by atoms with Crippen molar-refractivity contribution in [1.29, 1.82) is 0 Å². The Kier molecular flexibility index (Phi) is 4.35. The lowest BCUT2D eigenvalue weighted by molar-refractivity contribution is 0.0705. The van der Waals surface area contributed by atoms with E-state index in [1.807, 2.05) is 17.0 Å². The van der Waals surface area contributed by atoms with Gasteiger partial charge >= 0.3 is 0 Å². The second kappa shape index (κ2) is 6.94. The van der Waals surface area contributed by atoms with Crippen molar-refractivity contribution in [2.75, 3.05) is 18.0 Å². The molecule has 1 saturated carbocycles. The minimum Gasteiger partial charge on any atom is -0.386 e. The minimum atomic E-state index is -0.871. The molecule has 10 heteroatoms. The Morgan fingerprint density at radius 1 is 1.27 bits per heavy atom. The van der Waals surface area contributed by atoms with Gasteiger partial charge in [0.25, 0.3) is 5.91 Å². The van der Waals surface area contributed by atoms with Gasteiger partial charge in [0.2, 0.25) is 5.95 Å². The summed E-state index contributed by atoms with van der Waals surface area (Å²) in [4.78, 5) is 26.0. The number of hydrogen-bond acceptors (Lipinski definition) is 8. The number of aromatic nitrogens is 3. The first-order valence-electron chi connectivity index (χ1n) is 9.50. The van der Waals surface area contributed by atoms with Crippen LogP contribution in [0.3, 0.4) is 0 Å². The predicted octanol–water partition coefficient (Wildman–Crippen LogP) is 0.622. The van der Waals surface area contributed by atoms with Crippen molar-refractivity contribution in [3.63, 3.8) is 0 Å². The molecule has 30 heavy (non-hydrogen) atoms. The van der Waals surface area contributed by atoms with Crippen LogP contribution >= 0.6 is 0 Å². The SMILES string of the molecule is O=C(NO)c1cnc(N2CC3C(NCc4ccc5cc(F)ccc5n4)C3(O)C2)nc1. The zero-order chi connectivity index (χ0) is 20.9. The van der Waals surface area contributed by atoms with Crippen LogP contribution in [-0.2, 0) is 6.54 Å². The molecular weight excluding hydrogens is 391 g/mol. The molecule has 0 radical (unpaired) electrons. The number of carbonyl (C=O) groups excluding carboxylic acids is 1. The van der Waals surface area contributed by atoms with E-state index in [4.69, 9.17) is 5.21 Å². The fourth-order valence-electron chi connectivity index (χ4n) is 4.18. The molecule has 0 bridgehead atoms. The Bertz CT molecular complexity index is 1130. The second-order valence-corrected chi connectivity index (χ2v) is 7.69. The van der Waals surface area contributed by atoms with Gasteiger partial charge in [0.15, 0.2) is 0 Å². The maximum Gasteiger partial charge on any atom is 0.277 e. The highest BCUT2D eigenvalue weighted by molar-refractivity contribution is 5.92. The van der Waals surface area contributed by atoms with Crippen molar-refractivity contribution >= 4 is 22.8 Å². The molecule has 154 valence electrons. The summed E-state index contributed by atoms with van der Waals surface area (Å²) in [6, 6.07) is 8.12. The number of anilines is 1. The number of β-amino-alcohol motifs (C(OH)–C–C–N with tert-alkyl or cyclic N) is 1. The van der Waals surface area contributed by atoms with Crippen LogP contribution in [0.15, 0.2) is 42.7 Å². The molecule has 2 aromatic heterocycles. The van der Waals surface area contributed by atoms with Crippen LogP contribution in [0.5, 0.6) is 0 Å². The van der Waals surface area contributed by atoms with Crippen molar-refractivity contribution in [2.45, 2.75) is 18.2 Å². The van der Waals surface area contributed by atoms with Gasteiger partial charge in [0, 0.05) is 42.8 Å². The minimum absolute atomic E-state index is 0.0380. The number of hydroxylamine groups is 1. The Balaban J connectivity index is 1.20. The van der Waals surface area contributed by atoms with E-state index in [9.17, 15) is 14.3 Å². The Morgan fingerprint density at radius 3 is 2.77 bits per heavy atom. The number of nitrogens with one attached hydrogen (secondary N) is 2. The maximum atomic E-state index is 13.3. The monoisotopic (exact) mass is 410 g/mol. The molecular formula is C20H19FN6O3. The summed E-state index contributed by atoms with van der Waals surface area (Å²) < 4.78 is 13.3. The lowest BCUT2D eigenvalue weighted by atomic mass is 10.2. The molecule has 1 aliphatic heterocycles. The number of carbonyl (C=O) groups is 1. The first-order valence-corrected chi connectivity index (χ1v) is 9.50. The molecule has 9 nitrogen and oxygen atoms in total. The number of piperidine rings is 1. The molecule has 1 aliphatic carbocycles. The van der Waals surface area contributed by atoms with Gasteiger partial charge < -0.3 is 15.3 Å². The van der Waals surface area contributed by atoms with Gasteiger partial charge in [-0.15, -0.1) is 0 Å².